The second-order valence-corrected chi connectivity index (χ2v) is 20.9. The fraction of sp³-hybridized carbons (Fsp3) is 0.0857. The molecule has 6 rings (SSSR count). The molecule has 0 spiro atoms. The Morgan fingerprint density at radius 2 is 1.15 bits per heavy atom. The fourth-order valence-corrected chi connectivity index (χ4v) is 9.45. The number of carbonyl (C=O) groups excluding carboxylic acids is 1. The Hall–Kier alpha value is -6.61. The number of nitrogens with one attached hydrogen (secondary N) is 4. The number of fused-ring (bicyclic) bond motifs is 1. The highest BCUT2D eigenvalue weighted by Gasteiger charge is 2.24. The fourth-order valence-electron chi connectivity index (χ4n) is 5.83. The summed E-state index contributed by atoms with van der Waals surface area (Å²) in [5.41, 5.74) is -0.960. The van der Waals surface area contributed by atoms with Gasteiger partial charge in [-0.1, -0.05) is 18.2 Å². The monoisotopic (exact) mass is 993 g/mol. The molecular formula is C35H31N9O16S5. The first-order chi connectivity index (χ1) is 30.2. The standard InChI is InChI=1S/C35H31N9O16S5/c1-19(46)36-28-16-21(8-10-27(28)44-43-22-15-26-25(32(17-22)65(58,59)60)6-3-7-30(26)63(52,53)54)38-34-40-33(37-20-4-2-5-23(14-20)61(47,48)13-12-45)41-35(42-34)39-29-18-24(62(49,50)51)9-11-31(29)64(55,56)57/h2-11,14-18,45H,12-13H2,1H3,(H,36,46)(H,49,50,51)(H,52,53,54)(H,55,56,57)(H,58,59,60)(H3,37,38,39,40,41,42). The number of aromatic nitrogens is 3. The van der Waals surface area contributed by atoms with E-state index in [9.17, 15) is 70.2 Å². The molecule has 25 nitrogen and oxygen atoms in total. The summed E-state index contributed by atoms with van der Waals surface area (Å²) < 4.78 is 162. The van der Waals surface area contributed by atoms with Crippen LogP contribution >= 0.6 is 0 Å². The van der Waals surface area contributed by atoms with Gasteiger partial charge in [0.05, 0.1) is 39.2 Å². The molecule has 65 heavy (non-hydrogen) atoms. The van der Waals surface area contributed by atoms with Crippen LogP contribution in [-0.2, 0) is 55.1 Å². The quantitative estimate of drug-likeness (QED) is 0.0479. The summed E-state index contributed by atoms with van der Waals surface area (Å²) in [6.07, 6.45) is 0. The van der Waals surface area contributed by atoms with Crippen LogP contribution in [0.4, 0.5) is 52.0 Å². The zero-order valence-corrected chi connectivity index (χ0v) is 36.7. The van der Waals surface area contributed by atoms with Gasteiger partial charge in [0.15, 0.2) is 9.84 Å². The molecule has 9 N–H and O–H groups in total. The molecule has 0 aliphatic rings. The van der Waals surface area contributed by atoms with Crippen LogP contribution in [-0.4, -0.2) is 98.6 Å². The maximum atomic E-state index is 12.7. The lowest BCUT2D eigenvalue weighted by Crippen LogP contribution is -2.11. The minimum atomic E-state index is -5.06. The second-order valence-electron chi connectivity index (χ2n) is 13.2. The zero-order chi connectivity index (χ0) is 47.7. The van der Waals surface area contributed by atoms with Gasteiger partial charge < -0.3 is 26.4 Å². The predicted octanol–water partition coefficient (Wildman–Crippen LogP) is 4.38. The van der Waals surface area contributed by atoms with Crippen LogP contribution in [0.25, 0.3) is 10.8 Å². The van der Waals surface area contributed by atoms with Crippen LogP contribution in [0.3, 0.4) is 0 Å². The molecule has 1 aromatic heterocycles. The Balaban J connectivity index is 1.43. The van der Waals surface area contributed by atoms with Crippen molar-refractivity contribution >= 4 is 119 Å². The van der Waals surface area contributed by atoms with Gasteiger partial charge in [-0.15, -0.1) is 5.11 Å². The van der Waals surface area contributed by atoms with Crippen LogP contribution in [0.5, 0.6) is 0 Å². The number of rotatable bonds is 16. The van der Waals surface area contributed by atoms with Gasteiger partial charge in [-0.25, -0.2) is 8.42 Å². The minimum Gasteiger partial charge on any atom is -0.395 e. The summed E-state index contributed by atoms with van der Waals surface area (Å²) in [6, 6.07) is 16.4. The first kappa shape index (κ1) is 47.9. The van der Waals surface area contributed by atoms with Crippen molar-refractivity contribution in [2.75, 3.05) is 33.6 Å². The van der Waals surface area contributed by atoms with Crippen molar-refractivity contribution in [2.45, 2.75) is 31.4 Å². The number of hydrogen-bond donors (Lipinski definition) is 9. The Bertz CT molecular complexity index is 3520. The van der Waals surface area contributed by atoms with Crippen LogP contribution in [0.1, 0.15) is 6.92 Å². The van der Waals surface area contributed by atoms with Crippen molar-refractivity contribution in [3.05, 3.63) is 91.0 Å². The average Bonchev–Trinajstić information content (AvgIpc) is 3.18. The van der Waals surface area contributed by atoms with Crippen molar-refractivity contribution in [2.24, 2.45) is 10.2 Å². The molecule has 0 aliphatic heterocycles. The Labute approximate surface area is 368 Å². The van der Waals surface area contributed by atoms with E-state index in [-0.39, 0.29) is 56.0 Å². The summed E-state index contributed by atoms with van der Waals surface area (Å²) in [5, 5.41) is 27.2. The van der Waals surface area contributed by atoms with Gasteiger partial charge in [-0.2, -0.15) is 53.7 Å². The second kappa shape index (κ2) is 18.1. The number of nitrogens with zero attached hydrogens (tertiary/aromatic N) is 5. The third-order valence-electron chi connectivity index (χ3n) is 8.51. The van der Waals surface area contributed by atoms with E-state index in [4.69, 9.17) is 0 Å². The summed E-state index contributed by atoms with van der Waals surface area (Å²) in [6.45, 7) is 0.474. The van der Waals surface area contributed by atoms with E-state index in [0.29, 0.717) is 18.2 Å². The SMILES string of the molecule is CC(=O)Nc1cc(Nc2nc(Nc3cccc(S(=O)(=O)CCO)c3)nc(Nc3cc(S(=O)(=O)O)ccc3S(=O)(=O)O)n2)ccc1N=Nc1cc(S(=O)(=O)O)c2cccc(S(=O)(=O)O)c2c1. The maximum absolute atomic E-state index is 12.7. The Kier molecular flexibility index (Phi) is 13.3. The first-order valence-corrected chi connectivity index (χ1v) is 25.1. The van der Waals surface area contributed by atoms with Gasteiger partial charge in [0, 0.05) is 29.1 Å². The largest absolute Gasteiger partial charge is 0.395 e. The Morgan fingerprint density at radius 1 is 0.554 bits per heavy atom. The van der Waals surface area contributed by atoms with Crippen molar-refractivity contribution < 1.29 is 70.2 Å². The number of amides is 1. The predicted molar refractivity (Wildman–Crippen MR) is 230 cm³/mol. The first-order valence-electron chi connectivity index (χ1n) is 17.7. The lowest BCUT2D eigenvalue weighted by molar-refractivity contribution is -0.114. The van der Waals surface area contributed by atoms with Crippen molar-refractivity contribution in [1.82, 2.24) is 15.0 Å². The third kappa shape index (κ3) is 11.8. The molecule has 0 saturated heterocycles. The van der Waals surface area contributed by atoms with Crippen LogP contribution < -0.4 is 21.3 Å². The van der Waals surface area contributed by atoms with Gasteiger partial charge >= 0.3 is 0 Å². The molecular weight excluding hydrogens is 963 g/mol. The maximum Gasteiger partial charge on any atom is 0.296 e. The van der Waals surface area contributed by atoms with E-state index < -0.39 is 99.8 Å². The highest BCUT2D eigenvalue weighted by atomic mass is 32.2. The average molecular weight is 994 g/mol. The van der Waals surface area contributed by atoms with E-state index in [0.717, 1.165) is 31.2 Å². The van der Waals surface area contributed by atoms with Crippen LogP contribution in [0.2, 0.25) is 0 Å². The normalized spacial score (nSPS) is 12.6. The van der Waals surface area contributed by atoms with E-state index in [1.165, 1.54) is 48.5 Å². The lowest BCUT2D eigenvalue weighted by Gasteiger charge is -2.14. The number of hydrogen-bond acceptors (Lipinski definition) is 20. The summed E-state index contributed by atoms with van der Waals surface area (Å²) >= 11 is 0. The van der Waals surface area contributed by atoms with Crippen LogP contribution in [0.15, 0.2) is 126 Å². The summed E-state index contributed by atoms with van der Waals surface area (Å²) in [5.74, 6) is -2.51. The molecule has 6 aromatic rings. The van der Waals surface area contributed by atoms with E-state index in [2.05, 4.69) is 46.4 Å². The van der Waals surface area contributed by atoms with Gasteiger partial charge in [0.25, 0.3) is 40.5 Å². The molecule has 0 aliphatic carbocycles. The number of sulfone groups is 1. The molecule has 30 heteroatoms. The molecule has 1 heterocycles. The number of aliphatic hydroxyl groups is 1. The van der Waals surface area contributed by atoms with Crippen molar-refractivity contribution in [1.29, 1.82) is 0 Å². The molecule has 0 fully saturated rings. The summed E-state index contributed by atoms with van der Waals surface area (Å²) in [7, 11) is -23.8. The van der Waals surface area contributed by atoms with Crippen molar-refractivity contribution in [3.8, 4) is 0 Å². The number of aliphatic hydroxyl groups excluding tert-OH is 1. The lowest BCUT2D eigenvalue weighted by atomic mass is 10.1. The number of benzene rings is 5. The van der Waals surface area contributed by atoms with Gasteiger partial charge in [0.2, 0.25) is 23.8 Å². The molecule has 1 amide bonds. The smallest absolute Gasteiger partial charge is 0.296 e. The number of azo groups is 1. The molecule has 342 valence electrons. The highest BCUT2D eigenvalue weighted by Crippen LogP contribution is 2.36. The third-order valence-corrected chi connectivity index (χ3v) is 13.8. The molecule has 5 aromatic carbocycles. The van der Waals surface area contributed by atoms with Crippen LogP contribution in [0, 0.1) is 0 Å². The van der Waals surface area contributed by atoms with E-state index in [1.807, 2.05) is 0 Å². The number of anilines is 7. The Morgan fingerprint density at radius 3 is 1.74 bits per heavy atom. The highest BCUT2D eigenvalue weighted by molar-refractivity contribution is 7.91. The summed E-state index contributed by atoms with van der Waals surface area (Å²) in [4.78, 5) is 21.5. The molecule has 0 atom stereocenters. The van der Waals surface area contributed by atoms with E-state index in [1.54, 1.807) is 0 Å². The number of carbonyl (C=O) groups is 1. The molecule has 0 radical (unpaired) electrons. The zero-order valence-electron chi connectivity index (χ0n) is 32.6. The van der Waals surface area contributed by atoms with Crippen molar-refractivity contribution in [3.63, 3.8) is 0 Å². The molecule has 0 bridgehead atoms. The minimum absolute atomic E-state index is 0.0628. The molecule has 0 unspecified atom stereocenters. The van der Waals surface area contributed by atoms with E-state index >= 15 is 0 Å². The van der Waals surface area contributed by atoms with Gasteiger partial charge in [0.1, 0.15) is 20.4 Å². The molecule has 0 saturated carbocycles. The topological polar surface area (TPSA) is 400 Å². The van der Waals surface area contributed by atoms with Gasteiger partial charge in [-0.05, 0) is 72.8 Å². The van der Waals surface area contributed by atoms with Gasteiger partial charge in [-0.3, -0.25) is 23.0 Å².